The number of H-pyrrole nitrogens is 1. The van der Waals surface area contributed by atoms with E-state index in [1.807, 2.05) is 0 Å². The maximum atomic E-state index is 13.3. The molecule has 0 spiro atoms. The summed E-state index contributed by atoms with van der Waals surface area (Å²) in [7, 11) is 0. The number of aromatic amines is 1. The van der Waals surface area contributed by atoms with Crippen LogP contribution in [0.3, 0.4) is 0 Å². The van der Waals surface area contributed by atoms with E-state index < -0.39 is 0 Å². The van der Waals surface area contributed by atoms with Gasteiger partial charge < -0.3 is 10.3 Å². The van der Waals surface area contributed by atoms with Crippen molar-refractivity contribution in [2.75, 3.05) is 11.9 Å². The number of anilines is 1. The Morgan fingerprint density at radius 2 is 2.18 bits per heavy atom. The van der Waals surface area contributed by atoms with Crippen molar-refractivity contribution >= 4 is 5.82 Å². The van der Waals surface area contributed by atoms with Crippen LogP contribution in [0.4, 0.5) is 10.2 Å². The molecular weight excluding hydrogens is 221 g/mol. The number of nitrogens with zero attached hydrogens (tertiary/aromatic N) is 1. The number of halogens is 1. The number of hydrogen-bond donors (Lipinski definition) is 2. The topological polar surface area (TPSA) is 57.8 Å². The normalized spacial score (nSPS) is 10.2. The van der Waals surface area contributed by atoms with Crippen molar-refractivity contribution in [1.82, 2.24) is 9.97 Å². The molecule has 1 heterocycles. The molecule has 0 saturated heterocycles. The molecule has 0 aliphatic rings. The van der Waals surface area contributed by atoms with Crippen LogP contribution < -0.4 is 10.9 Å². The molecule has 0 bridgehead atoms. The summed E-state index contributed by atoms with van der Waals surface area (Å²) >= 11 is 0. The quantitative estimate of drug-likeness (QED) is 0.842. The third-order valence-electron chi connectivity index (χ3n) is 2.35. The highest BCUT2D eigenvalue weighted by Crippen LogP contribution is 2.06. The Bertz CT molecular complexity index is 553. The van der Waals surface area contributed by atoms with Crippen LogP contribution in [0.1, 0.15) is 5.56 Å². The third kappa shape index (κ3) is 2.90. The molecule has 0 amide bonds. The van der Waals surface area contributed by atoms with Gasteiger partial charge in [-0.3, -0.25) is 4.79 Å². The van der Waals surface area contributed by atoms with Crippen molar-refractivity contribution in [3.8, 4) is 0 Å². The van der Waals surface area contributed by atoms with Gasteiger partial charge in [0.15, 0.2) is 5.82 Å². The second kappa shape index (κ2) is 5.25. The molecule has 1 aromatic carbocycles. The predicted octanol–water partition coefficient (Wildman–Crippen LogP) is 1.56. The van der Waals surface area contributed by atoms with Gasteiger partial charge >= 0.3 is 0 Å². The van der Waals surface area contributed by atoms with Crippen molar-refractivity contribution in [1.29, 1.82) is 0 Å². The molecule has 0 aliphatic carbocycles. The van der Waals surface area contributed by atoms with Gasteiger partial charge in [-0.25, -0.2) is 9.37 Å². The highest BCUT2D eigenvalue weighted by Gasteiger charge is 2.02. The number of rotatable bonds is 4. The first kappa shape index (κ1) is 11.3. The Labute approximate surface area is 97.5 Å². The molecule has 5 heteroatoms. The van der Waals surface area contributed by atoms with Crippen molar-refractivity contribution in [2.45, 2.75) is 6.42 Å². The number of benzene rings is 1. The maximum absolute atomic E-state index is 13.3. The Morgan fingerprint density at radius 3 is 2.94 bits per heavy atom. The fourth-order valence-corrected chi connectivity index (χ4v) is 1.49. The van der Waals surface area contributed by atoms with Crippen LogP contribution in [-0.4, -0.2) is 16.5 Å². The molecule has 0 fully saturated rings. The van der Waals surface area contributed by atoms with Gasteiger partial charge in [-0.15, -0.1) is 0 Å². The van der Waals surface area contributed by atoms with E-state index in [0.717, 1.165) is 0 Å². The van der Waals surface area contributed by atoms with Crippen LogP contribution in [0.2, 0.25) is 0 Å². The molecule has 17 heavy (non-hydrogen) atoms. The fraction of sp³-hybridized carbons (Fsp3) is 0.167. The lowest BCUT2D eigenvalue weighted by molar-refractivity contribution is 0.610. The van der Waals surface area contributed by atoms with E-state index in [2.05, 4.69) is 15.3 Å². The van der Waals surface area contributed by atoms with Gasteiger partial charge in [-0.1, -0.05) is 18.2 Å². The molecule has 2 rings (SSSR count). The van der Waals surface area contributed by atoms with E-state index in [4.69, 9.17) is 0 Å². The van der Waals surface area contributed by atoms with E-state index in [1.165, 1.54) is 18.5 Å². The lowest BCUT2D eigenvalue weighted by atomic mass is 10.1. The van der Waals surface area contributed by atoms with Crippen LogP contribution in [0, 0.1) is 5.82 Å². The van der Waals surface area contributed by atoms with Crippen LogP contribution in [0.25, 0.3) is 0 Å². The third-order valence-corrected chi connectivity index (χ3v) is 2.35. The second-order valence-corrected chi connectivity index (χ2v) is 3.54. The Hall–Kier alpha value is -2.17. The van der Waals surface area contributed by atoms with Crippen molar-refractivity contribution in [3.63, 3.8) is 0 Å². The van der Waals surface area contributed by atoms with Crippen LogP contribution in [0.15, 0.2) is 41.5 Å². The zero-order valence-electron chi connectivity index (χ0n) is 9.11. The minimum Gasteiger partial charge on any atom is -0.365 e. The Kier molecular flexibility index (Phi) is 3.49. The number of hydrogen-bond acceptors (Lipinski definition) is 3. The van der Waals surface area contributed by atoms with Crippen LogP contribution >= 0.6 is 0 Å². The number of aromatic nitrogens is 2. The highest BCUT2D eigenvalue weighted by molar-refractivity contribution is 5.30. The molecule has 0 saturated carbocycles. The monoisotopic (exact) mass is 233 g/mol. The van der Waals surface area contributed by atoms with Gasteiger partial charge in [0.1, 0.15) is 5.82 Å². The summed E-state index contributed by atoms with van der Waals surface area (Å²) in [5.74, 6) is 0.0214. The average molecular weight is 233 g/mol. The molecule has 0 atom stereocenters. The highest BCUT2D eigenvalue weighted by atomic mass is 19.1. The minimum atomic E-state index is -0.277. The standard InChI is InChI=1S/C12H12FN3O/c13-10-4-2-1-3-9(10)5-6-14-11-12(17)16-8-7-15-11/h1-4,7-8H,5-6H2,(H,14,15)(H,16,17). The zero-order valence-corrected chi connectivity index (χ0v) is 9.11. The molecule has 0 unspecified atom stereocenters. The molecule has 0 aliphatic heterocycles. The first-order valence-electron chi connectivity index (χ1n) is 5.28. The number of nitrogens with one attached hydrogen (secondary N) is 2. The fourth-order valence-electron chi connectivity index (χ4n) is 1.49. The summed E-state index contributed by atoms with van der Waals surface area (Å²) in [5, 5.41) is 2.87. The smallest absolute Gasteiger partial charge is 0.290 e. The predicted molar refractivity (Wildman–Crippen MR) is 63.5 cm³/mol. The van der Waals surface area contributed by atoms with Crippen LogP contribution in [-0.2, 0) is 6.42 Å². The molecular formula is C12H12FN3O. The zero-order chi connectivity index (χ0) is 12.1. The van der Waals surface area contributed by atoms with E-state index >= 15 is 0 Å². The molecule has 1 aromatic heterocycles. The van der Waals surface area contributed by atoms with Gasteiger partial charge in [0.25, 0.3) is 5.56 Å². The average Bonchev–Trinajstić information content (AvgIpc) is 2.34. The van der Waals surface area contributed by atoms with Gasteiger partial charge in [0, 0.05) is 18.9 Å². The maximum Gasteiger partial charge on any atom is 0.290 e. The van der Waals surface area contributed by atoms with Crippen molar-refractivity contribution < 1.29 is 4.39 Å². The minimum absolute atomic E-state index is 0.232. The van der Waals surface area contributed by atoms with Crippen molar-refractivity contribution in [2.24, 2.45) is 0 Å². The van der Waals surface area contributed by atoms with Gasteiger partial charge in [-0.05, 0) is 18.1 Å². The first-order valence-corrected chi connectivity index (χ1v) is 5.28. The summed E-state index contributed by atoms with van der Waals surface area (Å²) in [5.41, 5.74) is 0.341. The summed E-state index contributed by atoms with van der Waals surface area (Å²) < 4.78 is 13.3. The van der Waals surface area contributed by atoms with Crippen LogP contribution in [0.5, 0.6) is 0 Å². The van der Waals surface area contributed by atoms with Crippen molar-refractivity contribution in [3.05, 3.63) is 58.4 Å². The largest absolute Gasteiger partial charge is 0.365 e. The Balaban J connectivity index is 1.95. The summed E-state index contributed by atoms with van der Waals surface area (Å²) in [6.45, 7) is 0.459. The van der Waals surface area contributed by atoms with Gasteiger partial charge in [0.2, 0.25) is 0 Å². The first-order chi connectivity index (χ1) is 8.27. The molecule has 2 N–H and O–H groups in total. The summed E-state index contributed by atoms with van der Waals surface area (Å²) in [6, 6.07) is 6.57. The van der Waals surface area contributed by atoms with E-state index in [1.54, 1.807) is 18.2 Å². The summed E-state index contributed by atoms with van der Waals surface area (Å²) in [4.78, 5) is 17.7. The molecule has 2 aromatic rings. The Morgan fingerprint density at radius 1 is 1.35 bits per heavy atom. The molecule has 88 valence electrons. The summed E-state index contributed by atoms with van der Waals surface area (Å²) in [6.07, 6.45) is 3.46. The van der Waals surface area contributed by atoms with E-state index in [0.29, 0.717) is 18.5 Å². The molecule has 0 radical (unpaired) electrons. The molecule has 4 nitrogen and oxygen atoms in total. The lowest BCUT2D eigenvalue weighted by Crippen LogP contribution is -2.17. The SMILES string of the molecule is O=c1[nH]ccnc1NCCc1ccccc1F. The second-order valence-electron chi connectivity index (χ2n) is 3.54. The van der Waals surface area contributed by atoms with E-state index in [9.17, 15) is 9.18 Å². The lowest BCUT2D eigenvalue weighted by Gasteiger charge is -2.05. The van der Waals surface area contributed by atoms with E-state index in [-0.39, 0.29) is 17.2 Å². The van der Waals surface area contributed by atoms with Gasteiger partial charge in [0.05, 0.1) is 0 Å². The van der Waals surface area contributed by atoms with Gasteiger partial charge in [-0.2, -0.15) is 0 Å².